The monoisotopic (exact) mass is 1820 g/mol. The zero-order chi connectivity index (χ0) is 96.1. The van der Waals surface area contributed by atoms with Crippen molar-refractivity contribution in [2.24, 2.45) is 29.0 Å². The zero-order valence-electron chi connectivity index (χ0n) is 73.1. The number of nitrogens with one attached hydrogen (secondary N) is 19. The number of nitrogens with zero attached hydrogens (tertiary/aromatic N) is 2. The van der Waals surface area contributed by atoms with Crippen molar-refractivity contribution in [3.63, 3.8) is 0 Å². The number of phenolic OH excluding ortho intramolecular Hbond substituents is 1. The molecule has 0 bridgehead atoms. The molecule has 3 heterocycles. The molecule has 0 unspecified atom stereocenters. The van der Waals surface area contributed by atoms with Crippen LogP contribution < -0.4 is 97.0 Å². The molecular weight excluding hydrogens is 1710 g/mol. The quantitative estimate of drug-likeness (QED) is 0.00959. The second-order valence-electron chi connectivity index (χ2n) is 32.2. The van der Waals surface area contributed by atoms with Crippen molar-refractivity contribution in [1.29, 1.82) is 10.8 Å². The van der Waals surface area contributed by atoms with Gasteiger partial charge in [0.05, 0.1) is 38.8 Å². The molecular formula is C86H120N24O21. The number of imidazole rings is 1. The Morgan fingerprint density at radius 1 is 0.450 bits per heavy atom. The lowest BCUT2D eigenvalue weighted by Crippen LogP contribution is -2.62. The van der Waals surface area contributed by atoms with Crippen LogP contribution in [0.3, 0.4) is 0 Å². The highest BCUT2D eigenvalue weighted by Gasteiger charge is 2.42. The van der Waals surface area contributed by atoms with Gasteiger partial charge < -0.3 is 142 Å². The third-order valence-electron chi connectivity index (χ3n) is 21.5. The van der Waals surface area contributed by atoms with Crippen molar-refractivity contribution in [1.82, 2.24) is 99.6 Å². The van der Waals surface area contributed by atoms with Gasteiger partial charge in [-0.1, -0.05) is 119 Å². The number of carbonyl (C=O) groups excluding carboxylic acids is 14. The number of aliphatic carboxylic acids is 1. The first-order chi connectivity index (χ1) is 62.4. The van der Waals surface area contributed by atoms with E-state index in [1.165, 1.54) is 43.7 Å². The first-order valence-corrected chi connectivity index (χ1v) is 42.6. The highest BCUT2D eigenvalue weighted by Crippen LogP contribution is 2.23. The normalized spacial score (nSPS) is 15.6. The summed E-state index contributed by atoms with van der Waals surface area (Å²) in [6.07, 6.45) is 2.25. The predicted molar refractivity (Wildman–Crippen MR) is 474 cm³/mol. The number of carbonyl (C=O) groups is 15. The summed E-state index contributed by atoms with van der Waals surface area (Å²) in [4.78, 5) is 224. The number of aromatic hydroxyl groups is 1. The van der Waals surface area contributed by atoms with E-state index in [0.29, 0.717) is 33.2 Å². The number of para-hydroxylation sites is 1. The molecule has 4 aromatic carbocycles. The minimum atomic E-state index is -1.91. The Labute approximate surface area is 753 Å². The van der Waals surface area contributed by atoms with Crippen molar-refractivity contribution in [3.05, 3.63) is 156 Å². The molecule has 2 aromatic heterocycles. The van der Waals surface area contributed by atoms with Gasteiger partial charge in [-0.2, -0.15) is 0 Å². The molecule has 710 valence electrons. The number of phenols is 1. The summed E-state index contributed by atoms with van der Waals surface area (Å²) in [5, 5.41) is 116. The number of aliphatic hydroxyl groups is 4. The number of amides is 14. The molecule has 1 aliphatic rings. The molecule has 1 aliphatic heterocycles. The Hall–Kier alpha value is -14.2. The number of aliphatic hydroxyl groups excluding tert-OH is 4. The van der Waals surface area contributed by atoms with Gasteiger partial charge in [-0.3, -0.25) is 77.9 Å². The summed E-state index contributed by atoms with van der Waals surface area (Å²) >= 11 is 0. The number of guanidine groups is 2. The number of H-pyrrole nitrogens is 2. The second kappa shape index (κ2) is 51.7. The van der Waals surface area contributed by atoms with E-state index in [0.717, 1.165) is 4.90 Å². The smallest absolute Gasteiger partial charge is 0.328 e. The van der Waals surface area contributed by atoms with Crippen LogP contribution in [0.1, 0.15) is 101 Å². The van der Waals surface area contributed by atoms with Gasteiger partial charge in [0.25, 0.3) is 0 Å². The molecule has 15 atom stereocenters. The Morgan fingerprint density at radius 3 is 1.33 bits per heavy atom. The third kappa shape index (κ3) is 32.5. The van der Waals surface area contributed by atoms with Gasteiger partial charge in [-0.15, -0.1) is 0 Å². The molecule has 1 fully saturated rings. The summed E-state index contributed by atoms with van der Waals surface area (Å²) in [5.74, 6) is -17.5. The third-order valence-corrected chi connectivity index (χ3v) is 21.5. The summed E-state index contributed by atoms with van der Waals surface area (Å²) < 4.78 is 0. The first-order valence-electron chi connectivity index (χ1n) is 42.6. The molecule has 45 heteroatoms. The van der Waals surface area contributed by atoms with Gasteiger partial charge >= 0.3 is 5.97 Å². The fourth-order valence-corrected chi connectivity index (χ4v) is 14.1. The van der Waals surface area contributed by atoms with Gasteiger partial charge in [0.1, 0.15) is 90.3 Å². The molecule has 0 aliphatic carbocycles. The minimum absolute atomic E-state index is 0.00565. The number of nitrogens with two attached hydrogens (primary N) is 3. The van der Waals surface area contributed by atoms with E-state index >= 15 is 14.4 Å². The summed E-state index contributed by atoms with van der Waals surface area (Å²) in [6, 6.07) is 5.53. The molecule has 7 rings (SSSR count). The molecule has 6 aromatic rings. The van der Waals surface area contributed by atoms with Crippen molar-refractivity contribution in [3.8, 4) is 5.75 Å². The maximum atomic E-state index is 15.1. The van der Waals surface area contributed by atoms with E-state index in [1.54, 1.807) is 119 Å². The Bertz CT molecular complexity index is 4890. The van der Waals surface area contributed by atoms with Crippen LogP contribution in [0, 0.1) is 22.7 Å². The Kier molecular flexibility index (Phi) is 41.0. The SMILES string of the molecule is CC(C)[C@H](N)C(=O)N[C@@H](CO)C(=O)N[C@@H](Cc1c[nH]c2ccccc12)C(=O)N[C@@H](Cc1ccccc1)C(=O)N[C@@H](CO)C(=O)N[C@@H](CCCNC(=N)N)C(=O)N[C@@H](Cc1cnc[nH]1)C(=O)N[C@@H](CCCNC(=N)N)C(=O)N[C@@H](Cc1ccc(O)cc1)C(=O)N[C@@H](CO)C(=O)N1CCC[C@H]1C(=O)N[C@@H](Cc1ccccc1)C(=O)N[C@@H](C)C(=O)N[C@H](C(=O)N[C@@H](CO)C(=O)O)C(C)C. The fraction of sp³-hybridized carbons (Fsp3) is 0.465. The molecule has 45 nitrogen and oxygen atoms in total. The van der Waals surface area contributed by atoms with Crippen molar-refractivity contribution >= 4 is 111 Å². The van der Waals surface area contributed by atoms with E-state index in [9.17, 15) is 88.2 Å². The zero-order valence-corrected chi connectivity index (χ0v) is 73.1. The predicted octanol–water partition coefficient (Wildman–Crippen LogP) is -6.36. The number of likely N-dealkylation sites (tertiary alicyclic amines) is 1. The van der Waals surface area contributed by atoms with E-state index in [2.05, 4.69) is 94.7 Å². The van der Waals surface area contributed by atoms with Crippen molar-refractivity contribution in [2.75, 3.05) is 46.1 Å². The lowest BCUT2D eigenvalue weighted by molar-refractivity contribution is -0.144. The summed E-state index contributed by atoms with van der Waals surface area (Å²) in [5.41, 5.74) is 20.0. The van der Waals surface area contributed by atoms with E-state index in [4.69, 9.17) is 28.0 Å². The number of hydrogen-bond donors (Lipinski definition) is 28. The number of carboxylic acids is 1. The summed E-state index contributed by atoms with van der Waals surface area (Å²) in [7, 11) is 0. The van der Waals surface area contributed by atoms with E-state index in [1.807, 2.05) is 0 Å². The number of hydrogen-bond acceptors (Lipinski definition) is 24. The average Bonchev–Trinajstić information content (AvgIpc) is 1.70. The second-order valence-corrected chi connectivity index (χ2v) is 32.2. The molecule has 0 spiro atoms. The van der Waals surface area contributed by atoms with Crippen LogP contribution >= 0.6 is 0 Å². The van der Waals surface area contributed by atoms with Gasteiger partial charge in [0.15, 0.2) is 11.9 Å². The van der Waals surface area contributed by atoms with Gasteiger partial charge in [0.2, 0.25) is 82.7 Å². The molecule has 31 N–H and O–H groups in total. The van der Waals surface area contributed by atoms with Crippen LogP contribution in [0.25, 0.3) is 10.9 Å². The number of aromatic nitrogens is 3. The molecule has 1 saturated heterocycles. The van der Waals surface area contributed by atoms with Gasteiger partial charge in [-0.25, -0.2) is 9.78 Å². The Morgan fingerprint density at radius 2 is 0.863 bits per heavy atom. The van der Waals surface area contributed by atoms with Crippen LogP contribution in [0.15, 0.2) is 128 Å². The number of fused-ring (bicyclic) bond motifs is 1. The molecule has 131 heavy (non-hydrogen) atoms. The highest BCUT2D eigenvalue weighted by atomic mass is 16.4. The topological polar surface area (TPSA) is 731 Å². The molecule has 0 radical (unpaired) electrons. The van der Waals surface area contributed by atoms with Crippen LogP contribution in [0.2, 0.25) is 0 Å². The number of carboxylic acid groups (broad SMARTS) is 1. The maximum Gasteiger partial charge on any atom is 0.328 e. The van der Waals surface area contributed by atoms with Crippen LogP contribution in [-0.4, -0.2) is 288 Å². The standard InChI is InChI=1S/C86H120N24O21/c1-45(2)68(87)81(127)106-64(41-112)79(125)102-61(36-51-38-95-55-22-13-12-21-54(51)55)76(122)101-59(34-49-19-10-7-11-20-49)74(120)105-63(40-111)78(124)99-57(24-15-31-94-86(90)91)72(118)103-62(37-52-39-92-44-96-52)77(123)98-56(23-14-30-93-85(88)89)71(117)100-60(35-50-26-28-53(115)29-27-50)75(121)107-65(42-113)83(129)110-32-16-25-67(110)80(126)104-58(33-48-17-8-6-9-18-48)73(119)97-47(5)70(116)109-69(46(3)4)82(128)108-66(43-114)84(130)131/h6-13,17-22,26-29,38-39,44-47,56-69,95,111-115H,14-16,23-25,30-37,40-43,87H2,1-5H3,(H,92,96)(H,97,119)(H,98,123)(H,99,124)(H,100,117)(H,101,122)(H,102,125)(H,103,118)(H,104,126)(H,105,120)(H,106,127)(H,107,121)(H,108,128)(H,109,116)(H,130,131)(H4,88,89,93)(H4,90,91,94)/t47-,56-,57-,58-,59-,60-,61-,62-,63-,64-,65-,66-,67-,68-,69-/m0/s1. The number of rotatable bonds is 52. The van der Waals surface area contributed by atoms with Gasteiger partial charge in [-0.05, 0) is 97.7 Å². The van der Waals surface area contributed by atoms with Crippen LogP contribution in [0.5, 0.6) is 5.75 Å². The maximum absolute atomic E-state index is 15.1. The largest absolute Gasteiger partial charge is 0.508 e. The van der Waals surface area contributed by atoms with Crippen LogP contribution in [-0.2, 0) is 104 Å². The van der Waals surface area contributed by atoms with Gasteiger partial charge in [0, 0.05) is 80.7 Å². The van der Waals surface area contributed by atoms with E-state index in [-0.39, 0.29) is 94.8 Å². The van der Waals surface area contributed by atoms with Crippen LogP contribution in [0.4, 0.5) is 0 Å². The highest BCUT2D eigenvalue weighted by molar-refractivity contribution is 6.01. The molecule has 0 saturated carbocycles. The Balaban J connectivity index is 1.11. The minimum Gasteiger partial charge on any atom is -0.508 e. The summed E-state index contributed by atoms with van der Waals surface area (Å²) in [6.45, 7) is 3.40. The fourth-order valence-electron chi connectivity index (χ4n) is 14.1. The van der Waals surface area contributed by atoms with E-state index < -0.39 is 236 Å². The molecule has 14 amide bonds. The average molecular weight is 1830 g/mol. The lowest BCUT2D eigenvalue weighted by atomic mass is 10.0. The van der Waals surface area contributed by atoms with Crippen molar-refractivity contribution in [2.45, 2.75) is 196 Å². The van der Waals surface area contributed by atoms with Crippen molar-refractivity contribution < 1.29 is 103 Å². The number of benzene rings is 4. The lowest BCUT2D eigenvalue weighted by Gasteiger charge is -2.30. The first kappa shape index (κ1) is 104. The number of aromatic amines is 2.